The summed E-state index contributed by atoms with van der Waals surface area (Å²) in [6, 6.07) is -0.391. The van der Waals surface area contributed by atoms with Crippen LogP contribution in [0.2, 0.25) is 5.28 Å². The van der Waals surface area contributed by atoms with Gasteiger partial charge in [0.15, 0.2) is 0 Å². The molecule has 0 amide bonds. The number of halogens is 1. The molecule has 0 aliphatic carbocycles. The molecule has 0 aliphatic rings. The third kappa shape index (κ3) is 2.83. The SMILES string of the molecule is CC(C=O)Nc1nc(N)nc(Cl)n1. The first-order valence-corrected chi connectivity index (χ1v) is 3.88. The molecule has 6 nitrogen and oxygen atoms in total. The number of hydrogen-bond donors (Lipinski definition) is 2. The van der Waals surface area contributed by atoms with Crippen LogP contribution in [-0.2, 0) is 4.79 Å². The molecule has 0 spiro atoms. The van der Waals surface area contributed by atoms with Gasteiger partial charge < -0.3 is 15.8 Å². The lowest BCUT2D eigenvalue weighted by Gasteiger charge is -2.06. The third-order valence-electron chi connectivity index (χ3n) is 1.19. The summed E-state index contributed by atoms with van der Waals surface area (Å²) in [5, 5.41) is 2.67. The van der Waals surface area contributed by atoms with E-state index < -0.39 is 6.04 Å². The van der Waals surface area contributed by atoms with Crippen molar-refractivity contribution in [2.75, 3.05) is 11.1 Å². The first-order valence-electron chi connectivity index (χ1n) is 3.50. The Bertz CT molecular complexity index is 298. The third-order valence-corrected chi connectivity index (χ3v) is 1.36. The van der Waals surface area contributed by atoms with Crippen molar-refractivity contribution in [1.29, 1.82) is 0 Å². The first kappa shape index (κ1) is 9.66. The number of nitrogens with two attached hydrogens (primary N) is 1. The van der Waals surface area contributed by atoms with Crippen LogP contribution in [0.3, 0.4) is 0 Å². The average molecular weight is 202 g/mol. The van der Waals surface area contributed by atoms with E-state index in [9.17, 15) is 4.79 Å². The lowest BCUT2D eigenvalue weighted by atomic mass is 10.4. The van der Waals surface area contributed by atoms with Crippen LogP contribution in [0.4, 0.5) is 11.9 Å². The largest absolute Gasteiger partial charge is 0.368 e. The van der Waals surface area contributed by atoms with E-state index in [-0.39, 0.29) is 17.2 Å². The van der Waals surface area contributed by atoms with Crippen LogP contribution in [-0.4, -0.2) is 27.3 Å². The summed E-state index contributed by atoms with van der Waals surface area (Å²) >= 11 is 5.51. The van der Waals surface area contributed by atoms with Crippen molar-refractivity contribution in [1.82, 2.24) is 15.0 Å². The van der Waals surface area contributed by atoms with Crippen LogP contribution < -0.4 is 11.1 Å². The lowest BCUT2D eigenvalue weighted by Crippen LogP contribution is -2.18. The van der Waals surface area contributed by atoms with E-state index in [2.05, 4.69) is 20.3 Å². The molecule has 0 saturated carbocycles. The van der Waals surface area contributed by atoms with Gasteiger partial charge in [-0.15, -0.1) is 0 Å². The molecule has 1 heterocycles. The number of nitrogens with one attached hydrogen (secondary N) is 1. The van der Waals surface area contributed by atoms with Gasteiger partial charge in [0.25, 0.3) is 0 Å². The van der Waals surface area contributed by atoms with E-state index >= 15 is 0 Å². The minimum atomic E-state index is -0.391. The number of rotatable bonds is 3. The molecule has 13 heavy (non-hydrogen) atoms. The minimum absolute atomic E-state index is 0.00639. The highest BCUT2D eigenvalue weighted by Gasteiger charge is 2.04. The molecule has 1 aromatic heterocycles. The predicted molar refractivity (Wildman–Crippen MR) is 48.4 cm³/mol. The van der Waals surface area contributed by atoms with E-state index in [1.54, 1.807) is 6.92 Å². The fourth-order valence-corrected chi connectivity index (χ4v) is 0.834. The van der Waals surface area contributed by atoms with Crippen LogP contribution >= 0.6 is 11.6 Å². The Kier molecular flexibility index (Phi) is 2.97. The quantitative estimate of drug-likeness (QED) is 0.674. The Hall–Kier alpha value is -1.43. The number of aldehydes is 1. The number of carbonyl (C=O) groups is 1. The van der Waals surface area contributed by atoms with Crippen molar-refractivity contribution in [2.24, 2.45) is 0 Å². The molecule has 0 aromatic carbocycles. The van der Waals surface area contributed by atoms with Crippen LogP contribution in [0.5, 0.6) is 0 Å². The standard InChI is InChI=1S/C6H8ClN5O/c1-3(2-13)9-6-11-4(7)10-5(8)12-6/h2-3H,1H3,(H3,8,9,10,11,12). The molecular formula is C6H8ClN5O. The number of carbonyl (C=O) groups excluding carboxylic acids is 1. The smallest absolute Gasteiger partial charge is 0.229 e. The maximum Gasteiger partial charge on any atom is 0.229 e. The van der Waals surface area contributed by atoms with Crippen molar-refractivity contribution in [3.8, 4) is 0 Å². The fourth-order valence-electron chi connectivity index (χ4n) is 0.668. The maximum absolute atomic E-state index is 10.3. The van der Waals surface area contributed by atoms with Gasteiger partial charge >= 0.3 is 0 Å². The molecule has 1 rings (SSSR count). The number of anilines is 2. The summed E-state index contributed by atoms with van der Waals surface area (Å²) in [7, 11) is 0. The Labute approximate surface area is 79.5 Å². The van der Waals surface area contributed by atoms with Gasteiger partial charge in [0.05, 0.1) is 6.04 Å². The Morgan fingerprint density at radius 1 is 1.54 bits per heavy atom. The summed E-state index contributed by atoms with van der Waals surface area (Å²) in [5.41, 5.74) is 5.30. The predicted octanol–water partition coefficient (Wildman–Crippen LogP) is 0.106. The van der Waals surface area contributed by atoms with E-state index in [0.29, 0.717) is 6.29 Å². The number of aromatic nitrogens is 3. The van der Waals surface area contributed by atoms with Gasteiger partial charge in [-0.2, -0.15) is 15.0 Å². The maximum atomic E-state index is 10.3. The van der Waals surface area contributed by atoms with Gasteiger partial charge in [0, 0.05) is 0 Å². The van der Waals surface area contributed by atoms with E-state index in [1.807, 2.05) is 0 Å². The highest BCUT2D eigenvalue weighted by atomic mass is 35.5. The summed E-state index contributed by atoms with van der Waals surface area (Å²) in [5.74, 6) is 0.206. The Balaban J connectivity index is 2.82. The minimum Gasteiger partial charge on any atom is -0.368 e. The summed E-state index contributed by atoms with van der Waals surface area (Å²) < 4.78 is 0. The number of nitrogen functional groups attached to an aromatic ring is 1. The first-order chi connectivity index (χ1) is 6.11. The molecular weight excluding hydrogens is 194 g/mol. The second-order valence-corrected chi connectivity index (χ2v) is 2.69. The van der Waals surface area contributed by atoms with E-state index in [4.69, 9.17) is 17.3 Å². The zero-order valence-electron chi connectivity index (χ0n) is 6.86. The molecule has 0 fully saturated rings. The van der Waals surface area contributed by atoms with Crippen molar-refractivity contribution in [2.45, 2.75) is 13.0 Å². The molecule has 0 aliphatic heterocycles. The van der Waals surface area contributed by atoms with Gasteiger partial charge in [-0.1, -0.05) is 0 Å². The molecule has 0 saturated heterocycles. The number of hydrogen-bond acceptors (Lipinski definition) is 6. The molecule has 1 unspecified atom stereocenters. The van der Waals surface area contributed by atoms with Crippen LogP contribution in [0, 0.1) is 0 Å². The van der Waals surface area contributed by atoms with Crippen molar-refractivity contribution in [3.05, 3.63) is 5.28 Å². The van der Waals surface area contributed by atoms with Gasteiger partial charge in [-0.3, -0.25) is 0 Å². The zero-order valence-corrected chi connectivity index (χ0v) is 7.62. The molecule has 3 N–H and O–H groups in total. The highest BCUT2D eigenvalue weighted by Crippen LogP contribution is 2.07. The molecule has 70 valence electrons. The molecule has 0 radical (unpaired) electrons. The van der Waals surface area contributed by atoms with Gasteiger partial charge in [0.1, 0.15) is 6.29 Å². The zero-order chi connectivity index (χ0) is 9.84. The number of nitrogens with zero attached hydrogens (tertiary/aromatic N) is 3. The van der Waals surface area contributed by atoms with Crippen LogP contribution in [0.1, 0.15) is 6.92 Å². The summed E-state index contributed by atoms with van der Waals surface area (Å²) in [4.78, 5) is 21.3. The van der Waals surface area contributed by atoms with Crippen LogP contribution in [0.25, 0.3) is 0 Å². The molecule has 1 aromatic rings. The van der Waals surface area contributed by atoms with Crippen LogP contribution in [0.15, 0.2) is 0 Å². The van der Waals surface area contributed by atoms with Crippen molar-refractivity contribution >= 4 is 29.8 Å². The van der Waals surface area contributed by atoms with Gasteiger partial charge in [0.2, 0.25) is 17.2 Å². The topological polar surface area (TPSA) is 93.8 Å². The van der Waals surface area contributed by atoms with Crippen molar-refractivity contribution in [3.63, 3.8) is 0 Å². The average Bonchev–Trinajstić information content (AvgIpc) is 2.02. The summed E-state index contributed by atoms with van der Waals surface area (Å²) in [6.07, 6.45) is 0.716. The second-order valence-electron chi connectivity index (χ2n) is 2.36. The van der Waals surface area contributed by atoms with E-state index in [1.165, 1.54) is 0 Å². The Morgan fingerprint density at radius 2 is 2.23 bits per heavy atom. The fraction of sp³-hybridized carbons (Fsp3) is 0.333. The van der Waals surface area contributed by atoms with Crippen molar-refractivity contribution < 1.29 is 4.79 Å². The Morgan fingerprint density at radius 3 is 2.77 bits per heavy atom. The molecule has 0 bridgehead atoms. The lowest BCUT2D eigenvalue weighted by molar-refractivity contribution is -0.108. The van der Waals surface area contributed by atoms with Gasteiger partial charge in [-0.05, 0) is 18.5 Å². The van der Waals surface area contributed by atoms with E-state index in [0.717, 1.165) is 0 Å². The monoisotopic (exact) mass is 201 g/mol. The normalized spacial score (nSPS) is 12.2. The second kappa shape index (κ2) is 3.99. The molecule has 7 heteroatoms. The highest BCUT2D eigenvalue weighted by molar-refractivity contribution is 6.28. The summed E-state index contributed by atoms with van der Waals surface area (Å²) in [6.45, 7) is 1.65. The molecule has 1 atom stereocenters. The van der Waals surface area contributed by atoms with Gasteiger partial charge in [-0.25, -0.2) is 0 Å².